The van der Waals surface area contributed by atoms with E-state index in [2.05, 4.69) is 12.1 Å². The molecule has 0 fully saturated rings. The minimum atomic E-state index is -0.246. The lowest BCUT2D eigenvalue weighted by Gasteiger charge is -2.22. The van der Waals surface area contributed by atoms with Gasteiger partial charge in [0.1, 0.15) is 5.84 Å². The van der Waals surface area contributed by atoms with E-state index in [-0.39, 0.29) is 11.3 Å². The van der Waals surface area contributed by atoms with Crippen molar-refractivity contribution < 1.29 is 9.94 Å². The Morgan fingerprint density at radius 3 is 2.57 bits per heavy atom. The van der Waals surface area contributed by atoms with E-state index in [1.165, 1.54) is 0 Å². The van der Waals surface area contributed by atoms with Gasteiger partial charge in [0, 0.05) is 18.6 Å². The van der Waals surface area contributed by atoms with Crippen LogP contribution in [0.2, 0.25) is 0 Å². The highest BCUT2D eigenvalue weighted by atomic mass is 16.5. The molecule has 0 aromatic carbocycles. The van der Waals surface area contributed by atoms with E-state index in [4.69, 9.17) is 15.7 Å². The lowest BCUT2D eigenvalue weighted by molar-refractivity contribution is 0.126. The van der Waals surface area contributed by atoms with Crippen molar-refractivity contribution in [3.8, 4) is 0 Å². The first kappa shape index (κ1) is 13.2. The Bertz CT molecular complexity index is 179. The zero-order valence-corrected chi connectivity index (χ0v) is 9.42. The molecule has 0 atom stereocenters. The molecule has 0 amide bonds. The summed E-state index contributed by atoms with van der Waals surface area (Å²) in [5.41, 5.74) is 5.31. The molecule has 0 bridgehead atoms. The van der Waals surface area contributed by atoms with Crippen molar-refractivity contribution in [3.63, 3.8) is 0 Å². The van der Waals surface area contributed by atoms with Gasteiger partial charge in [0.2, 0.25) is 0 Å². The molecule has 0 aliphatic rings. The van der Waals surface area contributed by atoms with Crippen molar-refractivity contribution in [3.05, 3.63) is 0 Å². The van der Waals surface area contributed by atoms with Crippen LogP contribution in [0.4, 0.5) is 0 Å². The molecule has 0 spiro atoms. The van der Waals surface area contributed by atoms with Crippen LogP contribution in [0.5, 0.6) is 0 Å². The summed E-state index contributed by atoms with van der Waals surface area (Å²) in [6, 6.07) is 0. The van der Waals surface area contributed by atoms with E-state index in [9.17, 15) is 0 Å². The molecule has 0 saturated heterocycles. The highest BCUT2D eigenvalue weighted by Gasteiger charge is 2.22. The van der Waals surface area contributed by atoms with Gasteiger partial charge >= 0.3 is 0 Å². The number of ether oxygens (including phenoxy) is 1. The summed E-state index contributed by atoms with van der Waals surface area (Å²) >= 11 is 0. The fourth-order valence-corrected chi connectivity index (χ4v) is 1.13. The van der Waals surface area contributed by atoms with Gasteiger partial charge in [-0.25, -0.2) is 0 Å². The number of hydrogen-bond donors (Lipinski definition) is 2. The van der Waals surface area contributed by atoms with Crippen LogP contribution in [0.25, 0.3) is 0 Å². The fourth-order valence-electron chi connectivity index (χ4n) is 1.13. The lowest BCUT2D eigenvalue weighted by Crippen LogP contribution is -2.32. The molecule has 3 N–H and O–H groups in total. The number of nitrogens with two attached hydrogens (primary N) is 1. The molecule has 0 radical (unpaired) electrons. The van der Waals surface area contributed by atoms with Crippen molar-refractivity contribution in [1.29, 1.82) is 0 Å². The molecule has 14 heavy (non-hydrogen) atoms. The Kier molecular flexibility index (Phi) is 6.28. The van der Waals surface area contributed by atoms with Crippen molar-refractivity contribution >= 4 is 5.84 Å². The van der Waals surface area contributed by atoms with E-state index in [0.29, 0.717) is 0 Å². The lowest BCUT2D eigenvalue weighted by atomic mass is 9.87. The van der Waals surface area contributed by atoms with Crippen LogP contribution in [0.15, 0.2) is 5.16 Å². The largest absolute Gasteiger partial charge is 0.409 e. The highest BCUT2D eigenvalue weighted by Crippen LogP contribution is 2.22. The van der Waals surface area contributed by atoms with E-state index in [1.54, 1.807) is 0 Å². The maximum Gasteiger partial charge on any atom is 0.144 e. The third-order valence-corrected chi connectivity index (χ3v) is 2.24. The summed E-state index contributed by atoms with van der Waals surface area (Å²) in [6.07, 6.45) is 2.85. The van der Waals surface area contributed by atoms with Crippen molar-refractivity contribution in [1.82, 2.24) is 0 Å². The van der Waals surface area contributed by atoms with E-state index >= 15 is 0 Å². The quantitative estimate of drug-likeness (QED) is 0.218. The summed E-state index contributed by atoms with van der Waals surface area (Å²) in [6.45, 7) is 7.56. The maximum atomic E-state index is 8.54. The van der Waals surface area contributed by atoms with Gasteiger partial charge in [-0.1, -0.05) is 25.9 Å². The molecule has 0 unspecified atom stereocenters. The molecule has 0 heterocycles. The number of nitrogens with zero attached hydrogens (tertiary/aromatic N) is 1. The summed E-state index contributed by atoms with van der Waals surface area (Å²) in [5.74, 6) is 0.285. The second kappa shape index (κ2) is 6.65. The molecule has 0 saturated carbocycles. The molecule has 4 heteroatoms. The molecule has 0 aromatic heterocycles. The third-order valence-electron chi connectivity index (χ3n) is 2.24. The number of rotatable bonds is 7. The molecule has 4 nitrogen and oxygen atoms in total. The van der Waals surface area contributed by atoms with Crippen molar-refractivity contribution in [2.24, 2.45) is 16.3 Å². The number of hydrogen-bond acceptors (Lipinski definition) is 3. The van der Waals surface area contributed by atoms with Crippen LogP contribution in [-0.2, 0) is 4.74 Å². The first-order valence-electron chi connectivity index (χ1n) is 5.10. The van der Waals surface area contributed by atoms with Gasteiger partial charge in [-0.05, 0) is 19.3 Å². The van der Waals surface area contributed by atoms with E-state index < -0.39 is 0 Å². The van der Waals surface area contributed by atoms with Crippen LogP contribution >= 0.6 is 0 Å². The Balaban J connectivity index is 3.66. The fraction of sp³-hybridized carbons (Fsp3) is 0.900. The Hall–Kier alpha value is -0.770. The van der Waals surface area contributed by atoms with E-state index in [1.807, 2.05) is 13.8 Å². The van der Waals surface area contributed by atoms with Gasteiger partial charge in [-0.2, -0.15) is 0 Å². The maximum absolute atomic E-state index is 8.54. The Morgan fingerprint density at radius 2 is 2.07 bits per heavy atom. The van der Waals surface area contributed by atoms with Gasteiger partial charge < -0.3 is 15.7 Å². The zero-order valence-electron chi connectivity index (χ0n) is 9.42. The first-order chi connectivity index (χ1) is 6.54. The summed E-state index contributed by atoms with van der Waals surface area (Å²) in [5, 5.41) is 11.6. The second-order valence-electron chi connectivity index (χ2n) is 4.09. The Labute approximate surface area is 86.1 Å². The molecule has 0 aromatic rings. The molecule has 0 aliphatic heterocycles. The minimum Gasteiger partial charge on any atom is -0.409 e. The first-order valence-corrected chi connectivity index (χ1v) is 5.10. The van der Waals surface area contributed by atoms with Crippen molar-refractivity contribution in [2.45, 2.75) is 40.0 Å². The Morgan fingerprint density at radius 1 is 1.43 bits per heavy atom. The molecular formula is C10H22N2O2. The topological polar surface area (TPSA) is 67.8 Å². The molecule has 0 rings (SSSR count). The average molecular weight is 202 g/mol. The SMILES string of the molecule is CCCOCCCC(C)(C)C(N)=NO. The normalized spacial score (nSPS) is 13.2. The second-order valence-corrected chi connectivity index (χ2v) is 4.09. The van der Waals surface area contributed by atoms with Gasteiger partial charge in [0.05, 0.1) is 0 Å². The van der Waals surface area contributed by atoms with Gasteiger partial charge in [0.25, 0.3) is 0 Å². The summed E-state index contributed by atoms with van der Waals surface area (Å²) in [4.78, 5) is 0. The van der Waals surface area contributed by atoms with Crippen LogP contribution < -0.4 is 5.73 Å². The smallest absolute Gasteiger partial charge is 0.144 e. The third kappa shape index (κ3) is 5.07. The van der Waals surface area contributed by atoms with Crippen LogP contribution in [0, 0.1) is 5.41 Å². The van der Waals surface area contributed by atoms with E-state index in [0.717, 1.165) is 32.5 Å². The average Bonchev–Trinajstić information content (AvgIpc) is 2.16. The van der Waals surface area contributed by atoms with Crippen LogP contribution in [-0.4, -0.2) is 24.3 Å². The highest BCUT2D eigenvalue weighted by molar-refractivity contribution is 5.85. The predicted octanol–water partition coefficient (Wildman–Crippen LogP) is 1.97. The summed E-state index contributed by atoms with van der Waals surface area (Å²) < 4.78 is 5.35. The van der Waals surface area contributed by atoms with Crippen LogP contribution in [0.3, 0.4) is 0 Å². The number of oxime groups is 1. The monoisotopic (exact) mass is 202 g/mol. The molecule has 0 aliphatic carbocycles. The molecule has 84 valence electrons. The molecular weight excluding hydrogens is 180 g/mol. The predicted molar refractivity (Wildman–Crippen MR) is 57.5 cm³/mol. The minimum absolute atomic E-state index is 0.246. The van der Waals surface area contributed by atoms with Crippen LogP contribution in [0.1, 0.15) is 40.0 Å². The standard InChI is InChI=1S/C10H22N2O2/c1-4-7-14-8-5-6-10(2,3)9(11)12-13/h13H,4-8H2,1-3H3,(H2,11,12). The summed E-state index contributed by atoms with van der Waals surface area (Å²) in [7, 11) is 0. The van der Waals surface area contributed by atoms with Gasteiger partial charge in [-0.15, -0.1) is 0 Å². The van der Waals surface area contributed by atoms with Crippen molar-refractivity contribution in [2.75, 3.05) is 13.2 Å². The zero-order chi connectivity index (χ0) is 11.0. The van der Waals surface area contributed by atoms with Gasteiger partial charge in [-0.3, -0.25) is 0 Å². The number of amidine groups is 1. The van der Waals surface area contributed by atoms with Gasteiger partial charge in [0.15, 0.2) is 0 Å².